The molecule has 308 valence electrons. The number of nitrogens with zero attached hydrogens (tertiary/aromatic N) is 4. The highest BCUT2D eigenvalue weighted by molar-refractivity contribution is 9.10. The van der Waals surface area contributed by atoms with Crippen molar-refractivity contribution in [3.05, 3.63) is 130 Å². The van der Waals surface area contributed by atoms with E-state index in [0.29, 0.717) is 23.7 Å². The van der Waals surface area contributed by atoms with E-state index in [1.165, 1.54) is 4.90 Å². The molecule has 2 aliphatic rings. The number of imide groups is 1. The molecule has 0 radical (unpaired) electrons. The van der Waals surface area contributed by atoms with Crippen LogP contribution in [0.3, 0.4) is 0 Å². The molecule has 0 bridgehead atoms. The van der Waals surface area contributed by atoms with E-state index in [0.717, 1.165) is 92.6 Å². The Labute approximate surface area is 360 Å². The highest BCUT2D eigenvalue weighted by atomic mass is 79.9. The second-order valence-electron chi connectivity index (χ2n) is 14.7. The third-order valence-corrected chi connectivity index (χ3v) is 12.2. The molecule has 0 aliphatic carbocycles. The lowest BCUT2D eigenvalue weighted by atomic mass is 10.1. The van der Waals surface area contributed by atoms with Crippen LogP contribution in [0.15, 0.2) is 108 Å². The number of rotatable bonds is 15. The number of nitrogens with one attached hydrogen (secondary N) is 1. The van der Waals surface area contributed by atoms with Gasteiger partial charge in [-0.2, -0.15) is 0 Å². The fourth-order valence-electron chi connectivity index (χ4n) is 7.25. The average Bonchev–Trinajstić information content (AvgIpc) is 3.77. The largest absolute Gasteiger partial charge is 0.508 e. The number of amides is 3. The first-order valence-electron chi connectivity index (χ1n) is 19.9. The van der Waals surface area contributed by atoms with Gasteiger partial charge in [-0.05, 0) is 78.4 Å². The Balaban J connectivity index is 0.766. The number of phenols is 1. The zero-order chi connectivity index (χ0) is 41.6. The van der Waals surface area contributed by atoms with Gasteiger partial charge in [0.2, 0.25) is 11.8 Å². The van der Waals surface area contributed by atoms with Gasteiger partial charge in [-0.25, -0.2) is 0 Å². The van der Waals surface area contributed by atoms with Gasteiger partial charge in [0.25, 0.3) is 5.91 Å². The van der Waals surface area contributed by atoms with Crippen molar-refractivity contribution in [3.63, 3.8) is 0 Å². The van der Waals surface area contributed by atoms with Crippen molar-refractivity contribution in [3.8, 4) is 39.2 Å². The molecule has 60 heavy (non-hydrogen) atoms. The number of aromatic nitrogens is 1. The summed E-state index contributed by atoms with van der Waals surface area (Å²) >= 11 is 5.11. The number of thiophene rings is 1. The second-order valence-corrected chi connectivity index (χ2v) is 16.7. The van der Waals surface area contributed by atoms with Crippen LogP contribution in [0.25, 0.3) is 20.5 Å². The molecule has 8 rings (SSSR count). The molecule has 6 aromatic rings. The third-order valence-electron chi connectivity index (χ3n) is 10.5. The summed E-state index contributed by atoms with van der Waals surface area (Å²) in [7, 11) is 0. The van der Waals surface area contributed by atoms with E-state index in [9.17, 15) is 19.5 Å². The summed E-state index contributed by atoms with van der Waals surface area (Å²) in [6, 6.07) is 30.6. The lowest BCUT2D eigenvalue weighted by Gasteiger charge is -2.34. The van der Waals surface area contributed by atoms with E-state index < -0.39 is 5.91 Å². The Hall–Kier alpha value is -5.80. The molecule has 0 unspecified atom stereocenters. The first-order chi connectivity index (χ1) is 29.2. The van der Waals surface area contributed by atoms with Gasteiger partial charge in [0.05, 0.1) is 17.1 Å². The number of halogens is 1. The first-order valence-corrected chi connectivity index (χ1v) is 21.5. The summed E-state index contributed by atoms with van der Waals surface area (Å²) in [6.45, 7) is 7.91. The summed E-state index contributed by atoms with van der Waals surface area (Å²) in [5.74, 6) is 1.92. The Morgan fingerprint density at radius 1 is 0.883 bits per heavy atom. The van der Waals surface area contributed by atoms with Gasteiger partial charge in [-0.15, -0.1) is 11.3 Å². The molecule has 2 aromatic heterocycles. The molecule has 0 saturated carbocycles. The zero-order valence-corrected chi connectivity index (χ0v) is 35.5. The van der Waals surface area contributed by atoms with Gasteiger partial charge in [-0.3, -0.25) is 34.5 Å². The molecule has 3 amide bonds. The number of phenolic OH excluding ortho intramolecular Hbond substituents is 1. The van der Waals surface area contributed by atoms with E-state index in [-0.39, 0.29) is 43.7 Å². The summed E-state index contributed by atoms with van der Waals surface area (Å²) in [5, 5.41) is 13.3. The second kappa shape index (κ2) is 18.6. The Kier molecular flexibility index (Phi) is 12.7. The average molecular weight is 891 g/mol. The monoisotopic (exact) mass is 889 g/mol. The van der Waals surface area contributed by atoms with Gasteiger partial charge < -0.3 is 24.2 Å². The van der Waals surface area contributed by atoms with E-state index >= 15 is 0 Å². The van der Waals surface area contributed by atoms with Crippen molar-refractivity contribution in [2.45, 2.75) is 33.0 Å². The predicted molar refractivity (Wildman–Crippen MR) is 234 cm³/mol. The minimum Gasteiger partial charge on any atom is -0.508 e. The van der Waals surface area contributed by atoms with Crippen molar-refractivity contribution < 1.29 is 33.7 Å². The minimum absolute atomic E-state index is 0.193. The number of ether oxygens (including phenoxy) is 3. The lowest BCUT2D eigenvalue weighted by molar-refractivity contribution is -0.130. The fraction of sp³-hybridized carbons (Fsp3) is 0.261. The lowest BCUT2D eigenvalue weighted by Crippen LogP contribution is -2.47. The van der Waals surface area contributed by atoms with Crippen molar-refractivity contribution >= 4 is 55.1 Å². The van der Waals surface area contributed by atoms with Gasteiger partial charge >= 0.3 is 0 Å². The molecule has 0 spiro atoms. The Bertz CT molecular complexity index is 2490. The number of carbonyl (C=O) groups excluding carboxylic acids is 3. The normalized spacial score (nSPS) is 14.3. The highest BCUT2D eigenvalue weighted by Gasteiger charge is 2.31. The maximum Gasteiger partial charge on any atom is 0.255 e. The number of hydrogen-bond acceptors (Lipinski definition) is 11. The van der Waals surface area contributed by atoms with E-state index in [1.54, 1.807) is 42.5 Å². The molecule has 2 N–H and O–H groups in total. The van der Waals surface area contributed by atoms with E-state index in [1.807, 2.05) is 66.9 Å². The quantitative estimate of drug-likeness (QED) is 0.105. The smallest absolute Gasteiger partial charge is 0.255 e. The molecule has 1 fully saturated rings. The van der Waals surface area contributed by atoms with Crippen molar-refractivity contribution in [1.82, 2.24) is 25.0 Å². The standard InChI is InChI=1S/C46H44BrN5O7S/c1-2-42(54)49-43(55)28-52-27-39-37(46(52)56)4-3-5-40(39)58-29-30-6-11-33(48-25-30)26-51-20-18-50(19-21-51)22-23-57-35-13-15-36(16-14-35)59-44-38-17-12-34(53)24-41(38)60-45(44)31-7-9-32(47)10-8-31/h3-17,24-25,53H,2,18-23,26-29H2,1H3,(H,49,54,55). The SMILES string of the molecule is CCC(=O)NC(=O)CN1Cc2c(OCc3ccc(CN4CCN(CCOc5ccc(Oc6c(-c7ccc(Br)cc7)sc7cc(O)ccc67)cc5)CC4)nc3)cccc2C1=O. The van der Waals surface area contributed by atoms with Crippen LogP contribution in [0.4, 0.5) is 0 Å². The van der Waals surface area contributed by atoms with Gasteiger partial charge in [-0.1, -0.05) is 47.1 Å². The molecule has 4 heterocycles. The minimum atomic E-state index is -0.504. The molecular formula is C46H44BrN5O7S. The highest BCUT2D eigenvalue weighted by Crippen LogP contribution is 2.47. The van der Waals surface area contributed by atoms with Gasteiger partial charge in [0.1, 0.15) is 42.8 Å². The fourth-order valence-corrected chi connectivity index (χ4v) is 8.68. The van der Waals surface area contributed by atoms with Crippen LogP contribution in [0.1, 0.15) is 40.5 Å². The molecule has 12 nitrogen and oxygen atoms in total. The third kappa shape index (κ3) is 9.79. The molecular weight excluding hydrogens is 847 g/mol. The maximum absolute atomic E-state index is 12.9. The molecule has 1 saturated heterocycles. The summed E-state index contributed by atoms with van der Waals surface area (Å²) < 4.78 is 20.7. The Morgan fingerprint density at radius 3 is 2.40 bits per heavy atom. The van der Waals surface area contributed by atoms with Crippen molar-refractivity contribution in [1.29, 1.82) is 0 Å². The molecule has 14 heteroatoms. The first kappa shape index (κ1) is 41.0. The summed E-state index contributed by atoms with van der Waals surface area (Å²) in [5.41, 5.74) is 4.16. The van der Waals surface area contributed by atoms with E-state index in [4.69, 9.17) is 19.2 Å². The topological polar surface area (TPSA) is 134 Å². The number of fused-ring (bicyclic) bond motifs is 2. The van der Waals surface area contributed by atoms with Crippen LogP contribution in [0.5, 0.6) is 28.7 Å². The van der Waals surface area contributed by atoms with Gasteiger partial charge in [0, 0.05) is 83.1 Å². The number of carbonyl (C=O) groups is 3. The van der Waals surface area contributed by atoms with Crippen LogP contribution in [-0.4, -0.2) is 88.4 Å². The summed E-state index contributed by atoms with van der Waals surface area (Å²) in [6.07, 6.45) is 2.02. The van der Waals surface area contributed by atoms with Gasteiger partial charge in [0.15, 0.2) is 5.75 Å². The maximum atomic E-state index is 12.9. The van der Waals surface area contributed by atoms with Crippen LogP contribution < -0.4 is 19.5 Å². The van der Waals surface area contributed by atoms with Crippen LogP contribution in [-0.2, 0) is 29.3 Å². The number of benzene rings is 4. The van der Waals surface area contributed by atoms with Crippen LogP contribution in [0.2, 0.25) is 0 Å². The number of piperazine rings is 1. The molecule has 2 aliphatic heterocycles. The molecule has 4 aromatic carbocycles. The zero-order valence-electron chi connectivity index (χ0n) is 33.1. The van der Waals surface area contributed by atoms with Crippen LogP contribution in [0, 0.1) is 0 Å². The van der Waals surface area contributed by atoms with Crippen LogP contribution >= 0.6 is 27.3 Å². The predicted octanol–water partition coefficient (Wildman–Crippen LogP) is 8.01. The number of pyridine rings is 1. The number of aromatic hydroxyl groups is 1. The molecule has 0 atom stereocenters. The Morgan fingerprint density at radius 2 is 1.65 bits per heavy atom. The number of hydrogen-bond donors (Lipinski definition) is 2. The van der Waals surface area contributed by atoms with E-state index in [2.05, 4.69) is 43.2 Å². The summed E-state index contributed by atoms with van der Waals surface area (Å²) in [4.78, 5) is 48.7. The van der Waals surface area contributed by atoms with Crippen molar-refractivity contribution in [2.24, 2.45) is 0 Å². The van der Waals surface area contributed by atoms with Crippen molar-refractivity contribution in [2.75, 3.05) is 45.9 Å².